The molecule has 0 aliphatic heterocycles. The lowest BCUT2D eigenvalue weighted by Gasteiger charge is -2.12. The van der Waals surface area contributed by atoms with E-state index in [-0.39, 0.29) is 15.8 Å². The van der Waals surface area contributed by atoms with E-state index >= 15 is 0 Å². The van der Waals surface area contributed by atoms with Crippen LogP contribution < -0.4 is 10.6 Å². The summed E-state index contributed by atoms with van der Waals surface area (Å²) < 4.78 is 13.7. The Bertz CT molecular complexity index is 619. The van der Waals surface area contributed by atoms with Crippen LogP contribution in [-0.2, 0) is 0 Å². The van der Waals surface area contributed by atoms with Crippen molar-refractivity contribution < 1.29 is 4.39 Å². The first-order chi connectivity index (χ1) is 9.08. The van der Waals surface area contributed by atoms with E-state index in [9.17, 15) is 4.39 Å². The van der Waals surface area contributed by atoms with Crippen LogP contribution in [0.1, 0.15) is 0 Å². The van der Waals surface area contributed by atoms with Crippen molar-refractivity contribution in [3.05, 3.63) is 58.3 Å². The highest BCUT2D eigenvalue weighted by Crippen LogP contribution is 2.23. The van der Waals surface area contributed by atoms with E-state index in [1.807, 2.05) is 6.07 Å². The zero-order valence-corrected chi connectivity index (χ0v) is 11.9. The first-order valence-electron chi connectivity index (χ1n) is 5.34. The van der Waals surface area contributed by atoms with Gasteiger partial charge in [0, 0.05) is 0 Å². The minimum atomic E-state index is -0.549. The zero-order chi connectivity index (χ0) is 13.8. The molecule has 0 bridgehead atoms. The van der Waals surface area contributed by atoms with E-state index in [4.69, 9.17) is 35.4 Å². The molecule has 0 radical (unpaired) electrons. The van der Waals surface area contributed by atoms with Gasteiger partial charge in [-0.1, -0.05) is 41.4 Å². The minimum Gasteiger partial charge on any atom is -0.331 e. The van der Waals surface area contributed by atoms with Gasteiger partial charge >= 0.3 is 0 Å². The summed E-state index contributed by atoms with van der Waals surface area (Å²) >= 11 is 16.8. The van der Waals surface area contributed by atoms with Crippen molar-refractivity contribution in [2.75, 3.05) is 10.6 Å². The van der Waals surface area contributed by atoms with Crippen LogP contribution in [0.5, 0.6) is 0 Å². The average Bonchev–Trinajstić information content (AvgIpc) is 2.38. The van der Waals surface area contributed by atoms with E-state index in [1.165, 1.54) is 6.07 Å². The summed E-state index contributed by atoms with van der Waals surface area (Å²) in [7, 11) is 0. The van der Waals surface area contributed by atoms with Gasteiger partial charge in [0.25, 0.3) is 0 Å². The van der Waals surface area contributed by atoms with Crippen molar-refractivity contribution >= 4 is 51.9 Å². The van der Waals surface area contributed by atoms with Crippen LogP contribution in [0.15, 0.2) is 42.5 Å². The predicted molar refractivity (Wildman–Crippen MR) is 82.7 cm³/mol. The first-order valence-corrected chi connectivity index (χ1v) is 6.51. The maximum Gasteiger partial charge on any atom is 0.175 e. The van der Waals surface area contributed by atoms with Crippen LogP contribution in [-0.4, -0.2) is 5.11 Å². The molecular weight excluding hydrogens is 306 g/mol. The maximum absolute atomic E-state index is 13.7. The molecular formula is C13H9Cl2FN2S. The molecule has 0 spiro atoms. The molecule has 2 nitrogen and oxygen atoms in total. The van der Waals surface area contributed by atoms with Crippen LogP contribution in [0.25, 0.3) is 0 Å². The van der Waals surface area contributed by atoms with E-state index < -0.39 is 5.82 Å². The van der Waals surface area contributed by atoms with Gasteiger partial charge in [0.1, 0.15) is 0 Å². The van der Waals surface area contributed by atoms with Crippen molar-refractivity contribution in [2.45, 2.75) is 0 Å². The van der Waals surface area contributed by atoms with Gasteiger partial charge in [-0.3, -0.25) is 0 Å². The summed E-state index contributed by atoms with van der Waals surface area (Å²) in [5.41, 5.74) is 0.848. The Kier molecular flexibility index (Phi) is 4.58. The van der Waals surface area contributed by atoms with Crippen molar-refractivity contribution in [3.8, 4) is 0 Å². The topological polar surface area (TPSA) is 24.1 Å². The number of hydrogen-bond acceptors (Lipinski definition) is 1. The SMILES string of the molecule is Fc1c(Cl)cccc1NC(=S)Nc1ccccc1Cl. The van der Waals surface area contributed by atoms with Gasteiger partial charge in [-0.05, 0) is 36.5 Å². The van der Waals surface area contributed by atoms with Crippen molar-refractivity contribution in [1.29, 1.82) is 0 Å². The number of thiocarbonyl (C=S) groups is 1. The molecule has 2 N–H and O–H groups in total. The van der Waals surface area contributed by atoms with Crippen LogP contribution in [0.4, 0.5) is 15.8 Å². The number of hydrogen-bond donors (Lipinski definition) is 2. The lowest BCUT2D eigenvalue weighted by Crippen LogP contribution is -2.20. The fourth-order valence-electron chi connectivity index (χ4n) is 1.44. The molecule has 0 aliphatic carbocycles. The monoisotopic (exact) mass is 314 g/mol. The lowest BCUT2D eigenvalue weighted by molar-refractivity contribution is 0.632. The number of nitrogens with one attached hydrogen (secondary N) is 2. The van der Waals surface area contributed by atoms with Gasteiger partial charge in [0.2, 0.25) is 0 Å². The van der Waals surface area contributed by atoms with Gasteiger partial charge in [0.15, 0.2) is 10.9 Å². The van der Waals surface area contributed by atoms with Gasteiger partial charge < -0.3 is 10.6 Å². The van der Waals surface area contributed by atoms with Crippen LogP contribution in [0, 0.1) is 5.82 Å². The van der Waals surface area contributed by atoms with Gasteiger partial charge in [-0.25, -0.2) is 4.39 Å². The number of para-hydroxylation sites is 1. The quantitative estimate of drug-likeness (QED) is 0.768. The second-order valence-electron chi connectivity index (χ2n) is 3.66. The highest BCUT2D eigenvalue weighted by atomic mass is 35.5. The summed E-state index contributed by atoms with van der Waals surface area (Å²) in [4.78, 5) is 0. The Morgan fingerprint density at radius 2 is 1.47 bits per heavy atom. The molecule has 0 atom stereocenters. The maximum atomic E-state index is 13.7. The smallest absolute Gasteiger partial charge is 0.175 e. The molecule has 0 unspecified atom stereocenters. The third-order valence-corrected chi connectivity index (χ3v) is 3.15. The number of rotatable bonds is 2. The Hall–Kier alpha value is -1.36. The summed E-state index contributed by atoms with van der Waals surface area (Å²) in [6.45, 7) is 0. The molecule has 0 aromatic heterocycles. The third kappa shape index (κ3) is 3.56. The Balaban J connectivity index is 2.10. The third-order valence-electron chi connectivity index (χ3n) is 2.32. The van der Waals surface area contributed by atoms with E-state index in [2.05, 4.69) is 10.6 Å². The van der Waals surface area contributed by atoms with Crippen LogP contribution in [0.3, 0.4) is 0 Å². The highest BCUT2D eigenvalue weighted by Gasteiger charge is 2.08. The van der Waals surface area contributed by atoms with Crippen molar-refractivity contribution in [1.82, 2.24) is 0 Å². The molecule has 0 aliphatic rings. The van der Waals surface area contributed by atoms with Gasteiger partial charge in [0.05, 0.1) is 21.4 Å². The fraction of sp³-hybridized carbons (Fsp3) is 0. The Morgan fingerprint density at radius 3 is 2.21 bits per heavy atom. The molecule has 0 saturated heterocycles. The van der Waals surface area contributed by atoms with E-state index in [0.29, 0.717) is 10.7 Å². The molecule has 2 aromatic carbocycles. The van der Waals surface area contributed by atoms with Crippen LogP contribution in [0.2, 0.25) is 10.0 Å². The van der Waals surface area contributed by atoms with E-state index in [0.717, 1.165) is 0 Å². The average molecular weight is 315 g/mol. The molecule has 0 heterocycles. The molecule has 0 fully saturated rings. The molecule has 19 heavy (non-hydrogen) atoms. The summed E-state index contributed by atoms with van der Waals surface area (Å²) in [5.74, 6) is -0.549. The lowest BCUT2D eigenvalue weighted by atomic mass is 10.3. The molecule has 0 saturated carbocycles. The predicted octanol–water partition coefficient (Wildman–Crippen LogP) is 4.94. The Labute approximate surface area is 125 Å². The molecule has 0 amide bonds. The molecule has 98 valence electrons. The van der Waals surface area contributed by atoms with Crippen molar-refractivity contribution in [3.63, 3.8) is 0 Å². The minimum absolute atomic E-state index is 0.0329. The fourth-order valence-corrected chi connectivity index (χ4v) is 2.02. The second kappa shape index (κ2) is 6.19. The summed E-state index contributed by atoms with van der Waals surface area (Å²) in [5, 5.41) is 6.40. The molecule has 2 aromatic rings. The number of anilines is 2. The largest absolute Gasteiger partial charge is 0.331 e. The summed E-state index contributed by atoms with van der Waals surface area (Å²) in [6.07, 6.45) is 0. The van der Waals surface area contributed by atoms with Crippen molar-refractivity contribution in [2.24, 2.45) is 0 Å². The number of halogens is 3. The molecule has 6 heteroatoms. The van der Waals surface area contributed by atoms with E-state index in [1.54, 1.807) is 30.3 Å². The second-order valence-corrected chi connectivity index (χ2v) is 4.88. The highest BCUT2D eigenvalue weighted by molar-refractivity contribution is 7.80. The standard InChI is InChI=1S/C13H9Cl2FN2S/c14-8-4-1-2-6-10(8)17-13(19)18-11-7-3-5-9(15)12(11)16/h1-7H,(H2,17,18,19). The summed E-state index contributed by atoms with van der Waals surface area (Å²) in [6, 6.07) is 11.8. The number of benzene rings is 2. The molecule has 2 rings (SSSR count). The van der Waals surface area contributed by atoms with Gasteiger partial charge in [-0.15, -0.1) is 0 Å². The van der Waals surface area contributed by atoms with Gasteiger partial charge in [-0.2, -0.15) is 0 Å². The first kappa shape index (κ1) is 14.1. The normalized spacial score (nSPS) is 10.1. The van der Waals surface area contributed by atoms with Crippen LogP contribution >= 0.6 is 35.4 Å². The zero-order valence-electron chi connectivity index (χ0n) is 9.58. The Morgan fingerprint density at radius 1 is 0.895 bits per heavy atom.